The number of carboxylic acids is 1. The second-order valence-corrected chi connectivity index (χ2v) is 7.64. The molecule has 3 rings (SSSR count). The highest BCUT2D eigenvalue weighted by Crippen LogP contribution is 2.31. The lowest BCUT2D eigenvalue weighted by Crippen LogP contribution is -2.36. The standard InChI is InChI=1S/C18H14ClNO4S/c19-16-7-3-4-8-17(16)20(12-18(21)22)25(23,24)15-10-9-13-5-1-2-6-14(13)11-15/h1-11H,12H2,(H,21,22). The lowest BCUT2D eigenvalue weighted by molar-refractivity contribution is -0.135. The van der Waals surface area contributed by atoms with Crippen molar-refractivity contribution in [2.75, 3.05) is 10.8 Å². The van der Waals surface area contributed by atoms with Crippen molar-refractivity contribution in [1.82, 2.24) is 0 Å². The van der Waals surface area contributed by atoms with Crippen LogP contribution in [-0.4, -0.2) is 26.0 Å². The van der Waals surface area contributed by atoms with Crippen molar-refractivity contribution in [3.8, 4) is 0 Å². The second-order valence-electron chi connectivity index (χ2n) is 5.37. The zero-order chi connectivity index (χ0) is 18.0. The minimum Gasteiger partial charge on any atom is -0.480 e. The quantitative estimate of drug-likeness (QED) is 0.736. The number of fused-ring (bicyclic) bond motifs is 1. The highest BCUT2D eigenvalue weighted by molar-refractivity contribution is 7.92. The molecule has 1 N–H and O–H groups in total. The summed E-state index contributed by atoms with van der Waals surface area (Å²) < 4.78 is 26.9. The van der Waals surface area contributed by atoms with Crippen LogP contribution >= 0.6 is 11.6 Å². The minimum atomic E-state index is -4.10. The molecule has 0 aliphatic heterocycles. The Morgan fingerprint density at radius 2 is 1.60 bits per heavy atom. The first kappa shape index (κ1) is 17.3. The minimum absolute atomic E-state index is 0.00682. The molecule has 0 radical (unpaired) electrons. The monoisotopic (exact) mass is 375 g/mol. The Hall–Kier alpha value is -2.57. The first-order chi connectivity index (χ1) is 11.9. The smallest absolute Gasteiger partial charge is 0.324 e. The van der Waals surface area contributed by atoms with Crippen molar-refractivity contribution in [2.24, 2.45) is 0 Å². The lowest BCUT2D eigenvalue weighted by atomic mass is 10.1. The van der Waals surface area contributed by atoms with Crippen LogP contribution in [0, 0.1) is 0 Å². The van der Waals surface area contributed by atoms with Crippen molar-refractivity contribution < 1.29 is 18.3 Å². The molecule has 0 amide bonds. The maximum atomic E-state index is 13.1. The Bertz CT molecular complexity index is 1050. The van der Waals surface area contributed by atoms with Gasteiger partial charge in [-0.05, 0) is 35.0 Å². The predicted molar refractivity (Wildman–Crippen MR) is 97.6 cm³/mol. The van der Waals surface area contributed by atoms with E-state index in [-0.39, 0.29) is 15.6 Å². The average Bonchev–Trinajstić information content (AvgIpc) is 2.59. The molecular weight excluding hydrogens is 362 g/mol. The van der Waals surface area contributed by atoms with E-state index in [9.17, 15) is 13.2 Å². The molecule has 0 saturated carbocycles. The number of benzene rings is 3. The van der Waals surface area contributed by atoms with Gasteiger partial charge < -0.3 is 5.11 Å². The summed E-state index contributed by atoms with van der Waals surface area (Å²) in [6, 6.07) is 18.2. The van der Waals surface area contributed by atoms with Crippen molar-refractivity contribution in [3.05, 3.63) is 71.8 Å². The molecular formula is C18H14ClNO4S. The number of aliphatic carboxylic acids is 1. The van der Waals surface area contributed by atoms with Crippen LogP contribution in [0.25, 0.3) is 10.8 Å². The van der Waals surface area contributed by atoms with Crippen molar-refractivity contribution in [1.29, 1.82) is 0 Å². The molecule has 0 unspecified atom stereocenters. The number of para-hydroxylation sites is 1. The molecule has 0 spiro atoms. The molecule has 5 nitrogen and oxygen atoms in total. The van der Waals surface area contributed by atoms with Crippen LogP contribution in [0.5, 0.6) is 0 Å². The fraction of sp³-hybridized carbons (Fsp3) is 0.0556. The maximum absolute atomic E-state index is 13.1. The summed E-state index contributed by atoms with van der Waals surface area (Å²) in [5, 5.41) is 11.0. The van der Waals surface area contributed by atoms with Gasteiger partial charge in [-0.1, -0.05) is 54.1 Å². The molecule has 0 aliphatic carbocycles. The molecule has 0 atom stereocenters. The molecule has 0 saturated heterocycles. The number of nitrogens with zero attached hydrogens (tertiary/aromatic N) is 1. The Morgan fingerprint density at radius 3 is 2.28 bits per heavy atom. The summed E-state index contributed by atoms with van der Waals surface area (Å²) in [5.74, 6) is -1.27. The molecule has 0 aliphatic rings. The SMILES string of the molecule is O=C(O)CN(c1ccccc1Cl)S(=O)(=O)c1ccc2ccccc2c1. The highest BCUT2D eigenvalue weighted by atomic mass is 35.5. The molecule has 3 aromatic rings. The fourth-order valence-corrected chi connectivity index (χ4v) is 4.29. The predicted octanol–water partition coefficient (Wildman–Crippen LogP) is 3.77. The van der Waals surface area contributed by atoms with Crippen molar-refractivity contribution in [2.45, 2.75) is 4.90 Å². The van der Waals surface area contributed by atoms with E-state index in [1.54, 1.807) is 24.3 Å². The van der Waals surface area contributed by atoms with Crippen LogP contribution in [0.1, 0.15) is 0 Å². The van der Waals surface area contributed by atoms with Crippen LogP contribution in [0.4, 0.5) is 5.69 Å². The summed E-state index contributed by atoms with van der Waals surface area (Å²) in [6.07, 6.45) is 0. The molecule has 7 heteroatoms. The Balaban J connectivity index is 2.15. The lowest BCUT2D eigenvalue weighted by Gasteiger charge is -2.23. The molecule has 0 bridgehead atoms. The molecule has 128 valence electrons. The zero-order valence-electron chi connectivity index (χ0n) is 13.0. The number of carboxylic acid groups (broad SMARTS) is 1. The number of hydrogen-bond donors (Lipinski definition) is 1. The van der Waals surface area contributed by atoms with Gasteiger partial charge in [0.05, 0.1) is 15.6 Å². The van der Waals surface area contributed by atoms with Gasteiger partial charge in [-0.25, -0.2) is 8.42 Å². The van der Waals surface area contributed by atoms with E-state index in [0.717, 1.165) is 15.1 Å². The fourth-order valence-electron chi connectivity index (χ4n) is 2.53. The Kier molecular flexibility index (Phi) is 4.65. The number of rotatable bonds is 5. The summed E-state index contributed by atoms with van der Waals surface area (Å²) in [7, 11) is -4.10. The summed E-state index contributed by atoms with van der Waals surface area (Å²) in [5.41, 5.74) is 0.125. The van der Waals surface area contributed by atoms with Gasteiger partial charge in [-0.3, -0.25) is 9.10 Å². The van der Waals surface area contributed by atoms with E-state index in [4.69, 9.17) is 16.7 Å². The van der Waals surface area contributed by atoms with Crippen LogP contribution in [-0.2, 0) is 14.8 Å². The average molecular weight is 376 g/mol. The van der Waals surface area contributed by atoms with Gasteiger partial charge in [0.2, 0.25) is 0 Å². The Morgan fingerprint density at radius 1 is 0.960 bits per heavy atom. The zero-order valence-corrected chi connectivity index (χ0v) is 14.5. The van der Waals surface area contributed by atoms with Crippen molar-refractivity contribution >= 4 is 44.1 Å². The molecule has 0 aromatic heterocycles. The highest BCUT2D eigenvalue weighted by Gasteiger charge is 2.28. The van der Waals surface area contributed by atoms with E-state index in [2.05, 4.69) is 0 Å². The van der Waals surface area contributed by atoms with Crippen LogP contribution < -0.4 is 4.31 Å². The molecule has 0 fully saturated rings. The van der Waals surface area contributed by atoms with Crippen LogP contribution in [0.15, 0.2) is 71.6 Å². The van der Waals surface area contributed by atoms with Crippen molar-refractivity contribution in [3.63, 3.8) is 0 Å². The number of sulfonamides is 1. The van der Waals surface area contributed by atoms with Gasteiger partial charge in [-0.15, -0.1) is 0 Å². The van der Waals surface area contributed by atoms with Crippen LogP contribution in [0.3, 0.4) is 0 Å². The summed E-state index contributed by atoms with van der Waals surface area (Å²) in [6.45, 7) is -0.723. The normalized spacial score (nSPS) is 11.4. The van der Waals surface area contributed by atoms with Gasteiger partial charge >= 0.3 is 5.97 Å². The van der Waals surface area contributed by atoms with Gasteiger partial charge in [0.25, 0.3) is 10.0 Å². The topological polar surface area (TPSA) is 74.7 Å². The van der Waals surface area contributed by atoms with Gasteiger partial charge in [0, 0.05) is 0 Å². The van der Waals surface area contributed by atoms with Gasteiger partial charge in [-0.2, -0.15) is 0 Å². The first-order valence-electron chi connectivity index (χ1n) is 7.37. The number of hydrogen-bond acceptors (Lipinski definition) is 3. The second kappa shape index (κ2) is 6.74. The number of halogens is 1. The molecule has 3 aromatic carbocycles. The largest absolute Gasteiger partial charge is 0.480 e. The molecule has 0 heterocycles. The Labute approximate surface area is 150 Å². The van der Waals surface area contributed by atoms with E-state index in [1.807, 2.05) is 18.2 Å². The number of anilines is 1. The van der Waals surface area contributed by atoms with E-state index >= 15 is 0 Å². The van der Waals surface area contributed by atoms with E-state index in [1.165, 1.54) is 24.3 Å². The first-order valence-corrected chi connectivity index (χ1v) is 9.19. The van der Waals surface area contributed by atoms with Gasteiger partial charge in [0.1, 0.15) is 6.54 Å². The summed E-state index contributed by atoms with van der Waals surface area (Å²) >= 11 is 6.09. The van der Waals surface area contributed by atoms with E-state index < -0.39 is 22.5 Å². The summed E-state index contributed by atoms with van der Waals surface area (Å²) in [4.78, 5) is 11.2. The third-order valence-corrected chi connectivity index (χ3v) is 5.78. The van der Waals surface area contributed by atoms with Crippen LogP contribution in [0.2, 0.25) is 5.02 Å². The van der Waals surface area contributed by atoms with E-state index in [0.29, 0.717) is 0 Å². The maximum Gasteiger partial charge on any atom is 0.324 e. The third-order valence-electron chi connectivity index (χ3n) is 3.71. The molecule has 25 heavy (non-hydrogen) atoms. The third kappa shape index (κ3) is 3.45. The van der Waals surface area contributed by atoms with Gasteiger partial charge in [0.15, 0.2) is 0 Å². The number of carbonyl (C=O) groups is 1.